The molecule has 0 bridgehead atoms. The molecule has 0 saturated carbocycles. The van der Waals surface area contributed by atoms with Crippen molar-refractivity contribution in [1.82, 2.24) is 4.90 Å². The van der Waals surface area contributed by atoms with E-state index in [0.29, 0.717) is 22.9 Å². The fraction of sp³-hybridized carbons (Fsp3) is 0.261. The Hall–Kier alpha value is -2.12. The molecular weight excluding hydrogens is 468 g/mol. The first-order valence-corrected chi connectivity index (χ1v) is 11.0. The maximum absolute atomic E-state index is 12.8. The van der Waals surface area contributed by atoms with E-state index in [1.165, 1.54) is 0 Å². The first kappa shape index (κ1) is 21.1. The van der Waals surface area contributed by atoms with Crippen LogP contribution in [-0.4, -0.2) is 50.3 Å². The van der Waals surface area contributed by atoms with Gasteiger partial charge in [0.1, 0.15) is 12.4 Å². The molecule has 0 radical (unpaired) electrons. The summed E-state index contributed by atoms with van der Waals surface area (Å²) in [5.74, 6) is 0.546. The van der Waals surface area contributed by atoms with Crippen molar-refractivity contribution in [2.75, 3.05) is 44.8 Å². The standard InChI is InChI=1S/C23H22BrClN2O3/c24-16-5-6-20(25)19(15-16)23(28)26-21-7-8-22(18-4-2-1-3-17(18)21)30-14-11-27-9-12-29-13-10-27/h1-8,15H,9-14H2,(H,26,28). The smallest absolute Gasteiger partial charge is 0.257 e. The molecule has 0 atom stereocenters. The van der Waals surface area contributed by atoms with Crippen molar-refractivity contribution < 1.29 is 14.3 Å². The Morgan fingerprint density at radius 1 is 1.10 bits per heavy atom. The lowest BCUT2D eigenvalue weighted by Gasteiger charge is -2.26. The van der Waals surface area contributed by atoms with E-state index in [9.17, 15) is 4.79 Å². The van der Waals surface area contributed by atoms with Crippen LogP contribution in [0.25, 0.3) is 10.8 Å². The Kier molecular flexibility index (Phi) is 6.89. The van der Waals surface area contributed by atoms with Gasteiger partial charge < -0.3 is 14.8 Å². The van der Waals surface area contributed by atoms with Crippen LogP contribution in [0.4, 0.5) is 5.69 Å². The number of amides is 1. The average molecular weight is 490 g/mol. The van der Waals surface area contributed by atoms with Crippen molar-refractivity contribution >= 4 is 49.9 Å². The third kappa shape index (κ3) is 4.95. The lowest BCUT2D eigenvalue weighted by Crippen LogP contribution is -2.38. The molecule has 3 aromatic carbocycles. The van der Waals surface area contributed by atoms with Gasteiger partial charge in [-0.3, -0.25) is 9.69 Å². The highest BCUT2D eigenvalue weighted by molar-refractivity contribution is 9.10. The predicted octanol–water partition coefficient (Wildman–Crippen LogP) is 5.22. The zero-order chi connectivity index (χ0) is 20.9. The van der Waals surface area contributed by atoms with Gasteiger partial charge in [0.15, 0.2) is 0 Å². The van der Waals surface area contributed by atoms with Gasteiger partial charge in [0.25, 0.3) is 5.91 Å². The zero-order valence-electron chi connectivity index (χ0n) is 16.4. The monoisotopic (exact) mass is 488 g/mol. The number of nitrogens with zero attached hydrogens (tertiary/aromatic N) is 1. The summed E-state index contributed by atoms with van der Waals surface area (Å²) in [5, 5.41) is 5.26. The lowest BCUT2D eigenvalue weighted by atomic mass is 10.1. The van der Waals surface area contributed by atoms with Crippen molar-refractivity contribution in [2.24, 2.45) is 0 Å². The Labute approximate surface area is 189 Å². The summed E-state index contributed by atoms with van der Waals surface area (Å²) in [5.41, 5.74) is 1.13. The van der Waals surface area contributed by atoms with Crippen molar-refractivity contribution in [1.29, 1.82) is 0 Å². The number of hydrogen-bond donors (Lipinski definition) is 1. The van der Waals surface area contributed by atoms with E-state index in [2.05, 4.69) is 26.1 Å². The maximum Gasteiger partial charge on any atom is 0.257 e. The predicted molar refractivity (Wildman–Crippen MR) is 124 cm³/mol. The van der Waals surface area contributed by atoms with Gasteiger partial charge in [-0.05, 0) is 30.3 Å². The van der Waals surface area contributed by atoms with Crippen LogP contribution < -0.4 is 10.1 Å². The van der Waals surface area contributed by atoms with Crippen LogP contribution in [0, 0.1) is 0 Å². The second kappa shape index (κ2) is 9.79. The van der Waals surface area contributed by atoms with E-state index in [4.69, 9.17) is 21.1 Å². The molecule has 5 nitrogen and oxygen atoms in total. The van der Waals surface area contributed by atoms with Gasteiger partial charge in [-0.2, -0.15) is 0 Å². The van der Waals surface area contributed by atoms with E-state index < -0.39 is 0 Å². The minimum Gasteiger partial charge on any atom is -0.492 e. The van der Waals surface area contributed by atoms with Crippen LogP contribution in [0.5, 0.6) is 5.75 Å². The number of morpholine rings is 1. The van der Waals surface area contributed by atoms with Gasteiger partial charge in [-0.1, -0.05) is 51.8 Å². The summed E-state index contributed by atoms with van der Waals surface area (Å²) < 4.78 is 12.3. The van der Waals surface area contributed by atoms with Crippen LogP contribution in [0.15, 0.2) is 59.1 Å². The van der Waals surface area contributed by atoms with E-state index in [0.717, 1.165) is 53.8 Å². The van der Waals surface area contributed by atoms with Crippen LogP contribution in [-0.2, 0) is 4.74 Å². The molecule has 1 fully saturated rings. The van der Waals surface area contributed by atoms with E-state index in [-0.39, 0.29) is 5.91 Å². The molecule has 3 aromatic rings. The third-order valence-corrected chi connectivity index (χ3v) is 5.90. The molecule has 30 heavy (non-hydrogen) atoms. The third-order valence-electron chi connectivity index (χ3n) is 5.07. The largest absolute Gasteiger partial charge is 0.492 e. The summed E-state index contributed by atoms with van der Waals surface area (Å²) in [6, 6.07) is 16.9. The summed E-state index contributed by atoms with van der Waals surface area (Å²) in [4.78, 5) is 15.1. The van der Waals surface area contributed by atoms with Crippen molar-refractivity contribution in [3.05, 3.63) is 69.7 Å². The van der Waals surface area contributed by atoms with Gasteiger partial charge in [0, 0.05) is 40.6 Å². The van der Waals surface area contributed by atoms with Crippen LogP contribution in [0.2, 0.25) is 5.02 Å². The maximum atomic E-state index is 12.8. The highest BCUT2D eigenvalue weighted by Crippen LogP contribution is 2.32. The number of carbonyl (C=O) groups excluding carboxylic acids is 1. The van der Waals surface area contributed by atoms with E-state index in [1.807, 2.05) is 36.4 Å². The average Bonchev–Trinajstić information content (AvgIpc) is 2.77. The number of anilines is 1. The van der Waals surface area contributed by atoms with Gasteiger partial charge in [-0.25, -0.2) is 0 Å². The molecule has 156 valence electrons. The SMILES string of the molecule is O=C(Nc1ccc(OCCN2CCOCC2)c2ccccc12)c1cc(Br)ccc1Cl. The molecule has 1 heterocycles. The molecule has 1 N–H and O–H groups in total. The second-order valence-electron chi connectivity index (χ2n) is 7.04. The van der Waals surface area contributed by atoms with Crippen molar-refractivity contribution in [3.63, 3.8) is 0 Å². The van der Waals surface area contributed by atoms with E-state index >= 15 is 0 Å². The highest BCUT2D eigenvalue weighted by atomic mass is 79.9. The number of nitrogens with one attached hydrogen (secondary N) is 1. The molecule has 0 aliphatic carbocycles. The Balaban J connectivity index is 1.51. The van der Waals surface area contributed by atoms with Crippen molar-refractivity contribution in [3.8, 4) is 5.75 Å². The van der Waals surface area contributed by atoms with Crippen LogP contribution in [0.1, 0.15) is 10.4 Å². The lowest BCUT2D eigenvalue weighted by molar-refractivity contribution is 0.0323. The Bertz CT molecular complexity index is 1050. The highest BCUT2D eigenvalue weighted by Gasteiger charge is 2.15. The molecular formula is C23H22BrClN2O3. The number of ether oxygens (including phenoxy) is 2. The first-order valence-electron chi connectivity index (χ1n) is 9.83. The molecule has 0 unspecified atom stereocenters. The van der Waals surface area contributed by atoms with Crippen LogP contribution >= 0.6 is 27.5 Å². The Morgan fingerprint density at radius 3 is 2.67 bits per heavy atom. The molecule has 1 saturated heterocycles. The number of halogens is 2. The minimum absolute atomic E-state index is 0.257. The van der Waals surface area contributed by atoms with Crippen molar-refractivity contribution in [2.45, 2.75) is 0 Å². The molecule has 1 aliphatic rings. The number of hydrogen-bond acceptors (Lipinski definition) is 4. The Morgan fingerprint density at radius 2 is 1.87 bits per heavy atom. The number of carbonyl (C=O) groups is 1. The fourth-order valence-corrected chi connectivity index (χ4v) is 4.04. The summed E-state index contributed by atoms with van der Waals surface area (Å²) in [6.45, 7) is 4.89. The molecule has 7 heteroatoms. The van der Waals surface area contributed by atoms with Gasteiger partial charge in [0.05, 0.1) is 23.8 Å². The van der Waals surface area contributed by atoms with E-state index in [1.54, 1.807) is 18.2 Å². The second-order valence-corrected chi connectivity index (χ2v) is 8.36. The van der Waals surface area contributed by atoms with Gasteiger partial charge in [-0.15, -0.1) is 0 Å². The molecule has 1 amide bonds. The molecule has 1 aliphatic heterocycles. The summed E-state index contributed by atoms with van der Waals surface area (Å²) in [7, 11) is 0. The zero-order valence-corrected chi connectivity index (χ0v) is 18.7. The van der Waals surface area contributed by atoms with Crippen LogP contribution in [0.3, 0.4) is 0 Å². The first-order chi connectivity index (χ1) is 14.6. The molecule has 4 rings (SSSR count). The minimum atomic E-state index is -0.257. The summed E-state index contributed by atoms with van der Waals surface area (Å²) in [6.07, 6.45) is 0. The number of rotatable bonds is 6. The number of fused-ring (bicyclic) bond motifs is 1. The normalized spacial score (nSPS) is 14.6. The summed E-state index contributed by atoms with van der Waals surface area (Å²) >= 11 is 9.60. The topological polar surface area (TPSA) is 50.8 Å². The van der Waals surface area contributed by atoms with Gasteiger partial charge >= 0.3 is 0 Å². The number of benzene rings is 3. The van der Waals surface area contributed by atoms with Gasteiger partial charge in [0.2, 0.25) is 0 Å². The molecule has 0 aromatic heterocycles. The molecule has 0 spiro atoms. The fourth-order valence-electron chi connectivity index (χ4n) is 3.48. The quantitative estimate of drug-likeness (QED) is 0.516.